The SMILES string of the molecule is CCC1CCCN(CC(C)C(C)N)CC1. The molecular formula is C13H28N2. The highest BCUT2D eigenvalue weighted by Crippen LogP contribution is 2.20. The Hall–Kier alpha value is -0.0800. The molecule has 0 aromatic carbocycles. The van der Waals surface area contributed by atoms with E-state index in [1.165, 1.54) is 45.3 Å². The van der Waals surface area contributed by atoms with Crippen LogP contribution in [0.5, 0.6) is 0 Å². The Morgan fingerprint density at radius 2 is 2.00 bits per heavy atom. The summed E-state index contributed by atoms with van der Waals surface area (Å²) < 4.78 is 0. The van der Waals surface area contributed by atoms with E-state index in [2.05, 4.69) is 25.7 Å². The number of nitrogens with zero attached hydrogens (tertiary/aromatic N) is 1. The second-order valence-electron chi connectivity index (χ2n) is 5.34. The van der Waals surface area contributed by atoms with Crippen molar-refractivity contribution >= 4 is 0 Å². The summed E-state index contributed by atoms with van der Waals surface area (Å²) in [7, 11) is 0. The first-order valence-corrected chi connectivity index (χ1v) is 6.61. The van der Waals surface area contributed by atoms with E-state index >= 15 is 0 Å². The zero-order valence-corrected chi connectivity index (χ0v) is 10.7. The smallest absolute Gasteiger partial charge is 0.00483 e. The van der Waals surface area contributed by atoms with Crippen molar-refractivity contribution in [3.05, 3.63) is 0 Å². The minimum absolute atomic E-state index is 0.329. The van der Waals surface area contributed by atoms with Gasteiger partial charge in [0.25, 0.3) is 0 Å². The largest absolute Gasteiger partial charge is 0.328 e. The summed E-state index contributed by atoms with van der Waals surface area (Å²) in [6.07, 6.45) is 5.56. The highest BCUT2D eigenvalue weighted by atomic mass is 15.1. The molecule has 0 spiro atoms. The number of rotatable bonds is 4. The minimum atomic E-state index is 0.329. The topological polar surface area (TPSA) is 29.3 Å². The second-order valence-corrected chi connectivity index (χ2v) is 5.34. The average Bonchev–Trinajstić information content (AvgIpc) is 2.43. The fraction of sp³-hybridized carbons (Fsp3) is 1.00. The molecule has 90 valence electrons. The molecule has 2 nitrogen and oxygen atoms in total. The Kier molecular flexibility index (Phi) is 5.62. The van der Waals surface area contributed by atoms with Crippen LogP contribution in [0.15, 0.2) is 0 Å². The van der Waals surface area contributed by atoms with Gasteiger partial charge in [0.2, 0.25) is 0 Å². The number of nitrogens with two attached hydrogens (primary N) is 1. The van der Waals surface area contributed by atoms with Gasteiger partial charge in [0.15, 0.2) is 0 Å². The molecule has 1 heterocycles. The fourth-order valence-corrected chi connectivity index (χ4v) is 2.39. The normalized spacial score (nSPS) is 28.4. The van der Waals surface area contributed by atoms with Crippen molar-refractivity contribution in [2.24, 2.45) is 17.6 Å². The lowest BCUT2D eigenvalue weighted by atomic mass is 9.98. The first kappa shape index (κ1) is 13.0. The molecule has 2 N–H and O–H groups in total. The van der Waals surface area contributed by atoms with Gasteiger partial charge < -0.3 is 10.6 Å². The summed E-state index contributed by atoms with van der Waals surface area (Å²) in [5, 5.41) is 0. The maximum absolute atomic E-state index is 5.92. The molecule has 15 heavy (non-hydrogen) atoms. The van der Waals surface area contributed by atoms with Gasteiger partial charge in [0.05, 0.1) is 0 Å². The summed E-state index contributed by atoms with van der Waals surface area (Å²) >= 11 is 0. The third-order valence-corrected chi connectivity index (χ3v) is 3.96. The van der Waals surface area contributed by atoms with Crippen LogP contribution in [0.2, 0.25) is 0 Å². The standard InChI is InChI=1S/C13H28N2/c1-4-13-6-5-8-15(9-7-13)10-11(2)12(3)14/h11-13H,4-10,14H2,1-3H3. The molecule has 1 aliphatic heterocycles. The van der Waals surface area contributed by atoms with Gasteiger partial charge in [-0.25, -0.2) is 0 Å². The molecule has 0 saturated carbocycles. The molecule has 3 unspecified atom stereocenters. The first-order chi connectivity index (χ1) is 7.13. The van der Waals surface area contributed by atoms with Crippen LogP contribution in [0.4, 0.5) is 0 Å². The molecule has 1 fully saturated rings. The summed E-state index contributed by atoms with van der Waals surface area (Å²) in [6, 6.07) is 0.329. The predicted molar refractivity (Wildman–Crippen MR) is 66.9 cm³/mol. The van der Waals surface area contributed by atoms with Crippen molar-refractivity contribution < 1.29 is 0 Å². The lowest BCUT2D eigenvalue weighted by Gasteiger charge is -2.26. The van der Waals surface area contributed by atoms with Crippen LogP contribution in [0.3, 0.4) is 0 Å². The third-order valence-electron chi connectivity index (χ3n) is 3.96. The van der Waals surface area contributed by atoms with E-state index in [1.54, 1.807) is 0 Å². The van der Waals surface area contributed by atoms with Crippen LogP contribution in [0.1, 0.15) is 46.5 Å². The molecule has 0 aromatic heterocycles. The zero-order chi connectivity index (χ0) is 11.3. The van der Waals surface area contributed by atoms with Crippen molar-refractivity contribution in [3.8, 4) is 0 Å². The van der Waals surface area contributed by atoms with Crippen LogP contribution >= 0.6 is 0 Å². The number of likely N-dealkylation sites (tertiary alicyclic amines) is 1. The molecule has 0 amide bonds. The van der Waals surface area contributed by atoms with Crippen LogP contribution in [-0.2, 0) is 0 Å². The number of hydrogen-bond acceptors (Lipinski definition) is 2. The molecule has 0 radical (unpaired) electrons. The monoisotopic (exact) mass is 212 g/mol. The third kappa shape index (κ3) is 4.52. The summed E-state index contributed by atoms with van der Waals surface area (Å²) in [5.41, 5.74) is 5.92. The lowest BCUT2D eigenvalue weighted by molar-refractivity contribution is 0.230. The maximum Gasteiger partial charge on any atom is 0.00483 e. The van der Waals surface area contributed by atoms with Crippen molar-refractivity contribution in [2.75, 3.05) is 19.6 Å². The highest BCUT2D eigenvalue weighted by molar-refractivity contribution is 4.73. The van der Waals surface area contributed by atoms with E-state index < -0.39 is 0 Å². The van der Waals surface area contributed by atoms with E-state index in [9.17, 15) is 0 Å². The minimum Gasteiger partial charge on any atom is -0.328 e. The van der Waals surface area contributed by atoms with Gasteiger partial charge in [-0.05, 0) is 51.1 Å². The molecule has 0 bridgehead atoms. The quantitative estimate of drug-likeness (QED) is 0.776. The predicted octanol–water partition coefficient (Wildman–Crippen LogP) is 2.48. The Bertz CT molecular complexity index is 168. The average molecular weight is 212 g/mol. The van der Waals surface area contributed by atoms with Gasteiger partial charge in [-0.1, -0.05) is 20.3 Å². The Morgan fingerprint density at radius 3 is 2.60 bits per heavy atom. The molecular weight excluding hydrogens is 184 g/mol. The maximum atomic E-state index is 5.92. The highest BCUT2D eigenvalue weighted by Gasteiger charge is 2.18. The van der Waals surface area contributed by atoms with Crippen molar-refractivity contribution in [2.45, 2.75) is 52.5 Å². The Labute approximate surface area is 95.2 Å². The Morgan fingerprint density at radius 1 is 1.27 bits per heavy atom. The summed E-state index contributed by atoms with van der Waals surface area (Å²) in [4.78, 5) is 2.61. The molecule has 3 atom stereocenters. The zero-order valence-electron chi connectivity index (χ0n) is 10.7. The van der Waals surface area contributed by atoms with E-state index in [1.807, 2.05) is 0 Å². The molecule has 0 aliphatic carbocycles. The van der Waals surface area contributed by atoms with Gasteiger partial charge in [0, 0.05) is 12.6 Å². The van der Waals surface area contributed by atoms with Gasteiger partial charge in [0.1, 0.15) is 0 Å². The van der Waals surface area contributed by atoms with E-state index in [0.29, 0.717) is 12.0 Å². The van der Waals surface area contributed by atoms with E-state index in [4.69, 9.17) is 5.73 Å². The number of hydrogen-bond donors (Lipinski definition) is 1. The second kappa shape index (κ2) is 6.49. The van der Waals surface area contributed by atoms with Gasteiger partial charge in [-0.15, -0.1) is 0 Å². The van der Waals surface area contributed by atoms with Gasteiger partial charge in [-0.2, -0.15) is 0 Å². The van der Waals surface area contributed by atoms with Crippen LogP contribution in [0.25, 0.3) is 0 Å². The first-order valence-electron chi connectivity index (χ1n) is 6.61. The molecule has 0 aromatic rings. The lowest BCUT2D eigenvalue weighted by Crippen LogP contribution is -2.36. The molecule has 1 saturated heterocycles. The Balaban J connectivity index is 2.31. The van der Waals surface area contributed by atoms with Crippen LogP contribution in [-0.4, -0.2) is 30.6 Å². The van der Waals surface area contributed by atoms with Gasteiger partial charge in [-0.3, -0.25) is 0 Å². The molecule has 1 rings (SSSR count). The van der Waals surface area contributed by atoms with Crippen molar-refractivity contribution in [1.29, 1.82) is 0 Å². The molecule has 2 heteroatoms. The van der Waals surface area contributed by atoms with Crippen molar-refractivity contribution in [3.63, 3.8) is 0 Å². The van der Waals surface area contributed by atoms with Crippen molar-refractivity contribution in [1.82, 2.24) is 4.90 Å². The van der Waals surface area contributed by atoms with Gasteiger partial charge >= 0.3 is 0 Å². The molecule has 1 aliphatic rings. The summed E-state index contributed by atoms with van der Waals surface area (Å²) in [5.74, 6) is 1.60. The summed E-state index contributed by atoms with van der Waals surface area (Å²) in [6.45, 7) is 10.5. The van der Waals surface area contributed by atoms with Crippen LogP contribution in [0, 0.1) is 11.8 Å². The van der Waals surface area contributed by atoms with E-state index in [-0.39, 0.29) is 0 Å². The van der Waals surface area contributed by atoms with E-state index in [0.717, 1.165) is 5.92 Å². The van der Waals surface area contributed by atoms with Crippen LogP contribution < -0.4 is 5.73 Å². The fourth-order valence-electron chi connectivity index (χ4n) is 2.39.